The molecule has 0 saturated heterocycles. The average molecular weight is 255 g/mol. The van der Waals surface area contributed by atoms with Gasteiger partial charge in [-0.15, -0.1) is 0 Å². The van der Waals surface area contributed by atoms with Crippen molar-refractivity contribution in [3.05, 3.63) is 54.2 Å². The molecule has 98 valence electrons. The first-order chi connectivity index (χ1) is 9.22. The number of rotatable bonds is 4. The van der Waals surface area contributed by atoms with Crippen LogP contribution >= 0.6 is 0 Å². The molecule has 1 heterocycles. The van der Waals surface area contributed by atoms with E-state index in [2.05, 4.69) is 10.3 Å². The Hall–Kier alpha value is -2.36. The van der Waals surface area contributed by atoms with Gasteiger partial charge < -0.3 is 10.2 Å². The summed E-state index contributed by atoms with van der Waals surface area (Å²) in [5.74, 6) is 0.669. The quantitative estimate of drug-likeness (QED) is 0.913. The zero-order chi connectivity index (χ0) is 13.7. The van der Waals surface area contributed by atoms with Crippen LogP contribution in [-0.2, 0) is 0 Å². The molecule has 0 fully saturated rings. The Morgan fingerprint density at radius 1 is 1.26 bits per heavy atom. The van der Waals surface area contributed by atoms with Crippen LogP contribution in [-0.4, -0.2) is 24.5 Å². The van der Waals surface area contributed by atoms with Crippen molar-refractivity contribution < 1.29 is 4.79 Å². The average Bonchev–Trinajstić information content (AvgIpc) is 2.47. The molecule has 0 aliphatic carbocycles. The maximum absolute atomic E-state index is 12.4. The molecule has 4 heteroatoms. The Morgan fingerprint density at radius 2 is 2.00 bits per heavy atom. The number of aromatic nitrogens is 1. The molecule has 0 aliphatic heterocycles. The van der Waals surface area contributed by atoms with Gasteiger partial charge in [-0.1, -0.05) is 18.2 Å². The van der Waals surface area contributed by atoms with Crippen molar-refractivity contribution in [2.75, 3.05) is 23.8 Å². The first kappa shape index (κ1) is 13.1. The van der Waals surface area contributed by atoms with E-state index in [1.165, 1.54) is 0 Å². The Balaban J connectivity index is 2.22. The fourth-order valence-corrected chi connectivity index (χ4v) is 1.80. The van der Waals surface area contributed by atoms with Crippen LogP contribution in [0.5, 0.6) is 0 Å². The van der Waals surface area contributed by atoms with Crippen LogP contribution < -0.4 is 10.2 Å². The van der Waals surface area contributed by atoms with Gasteiger partial charge in [0.15, 0.2) is 0 Å². The fourth-order valence-electron chi connectivity index (χ4n) is 1.80. The number of nitrogens with one attached hydrogen (secondary N) is 1. The highest BCUT2D eigenvalue weighted by atomic mass is 16.2. The predicted molar refractivity (Wildman–Crippen MR) is 77.6 cm³/mol. The number of nitrogens with zero attached hydrogens (tertiary/aromatic N) is 2. The van der Waals surface area contributed by atoms with Gasteiger partial charge in [-0.05, 0) is 31.2 Å². The smallest absolute Gasteiger partial charge is 0.258 e. The van der Waals surface area contributed by atoms with Gasteiger partial charge in [0.05, 0.1) is 0 Å². The number of pyridine rings is 1. The van der Waals surface area contributed by atoms with Crippen LogP contribution in [0, 0.1) is 0 Å². The molecule has 0 aliphatic rings. The minimum atomic E-state index is -0.0484. The summed E-state index contributed by atoms with van der Waals surface area (Å²) in [6.45, 7) is 2.77. The second-order valence-electron chi connectivity index (χ2n) is 4.16. The molecule has 19 heavy (non-hydrogen) atoms. The molecule has 4 nitrogen and oxygen atoms in total. The topological polar surface area (TPSA) is 45.2 Å². The molecule has 0 saturated carbocycles. The molecule has 1 aromatic heterocycles. The van der Waals surface area contributed by atoms with Gasteiger partial charge in [0.25, 0.3) is 5.91 Å². The van der Waals surface area contributed by atoms with Crippen LogP contribution in [0.4, 0.5) is 11.5 Å². The van der Waals surface area contributed by atoms with Crippen LogP contribution in [0.1, 0.15) is 17.3 Å². The predicted octanol–water partition coefficient (Wildman–Crippen LogP) is 2.79. The summed E-state index contributed by atoms with van der Waals surface area (Å²) in [5.41, 5.74) is 1.49. The summed E-state index contributed by atoms with van der Waals surface area (Å²) >= 11 is 0. The number of amides is 1. The third kappa shape index (κ3) is 3.10. The minimum absolute atomic E-state index is 0.0484. The van der Waals surface area contributed by atoms with Gasteiger partial charge in [-0.2, -0.15) is 0 Å². The third-order valence-electron chi connectivity index (χ3n) is 2.81. The number of hydrogen-bond acceptors (Lipinski definition) is 3. The van der Waals surface area contributed by atoms with Crippen molar-refractivity contribution in [3.8, 4) is 0 Å². The summed E-state index contributed by atoms with van der Waals surface area (Å²) < 4.78 is 0. The Labute approximate surface area is 113 Å². The second-order valence-corrected chi connectivity index (χ2v) is 4.16. The highest BCUT2D eigenvalue weighted by molar-refractivity contribution is 6.06. The highest BCUT2D eigenvalue weighted by Crippen LogP contribution is 2.16. The molecular formula is C15H17N3O. The maximum atomic E-state index is 12.4. The van der Waals surface area contributed by atoms with Gasteiger partial charge in [-0.3, -0.25) is 4.79 Å². The number of para-hydroxylation sites is 1. The lowest BCUT2D eigenvalue weighted by Crippen LogP contribution is -2.26. The van der Waals surface area contributed by atoms with Crippen LogP contribution in [0.2, 0.25) is 0 Å². The molecule has 2 rings (SSSR count). The molecular weight excluding hydrogens is 238 g/mol. The van der Waals surface area contributed by atoms with Crippen molar-refractivity contribution in [2.24, 2.45) is 0 Å². The molecule has 0 unspecified atom stereocenters. The molecule has 0 radical (unpaired) electrons. The van der Waals surface area contributed by atoms with Gasteiger partial charge in [0.1, 0.15) is 5.82 Å². The van der Waals surface area contributed by atoms with Crippen molar-refractivity contribution >= 4 is 17.4 Å². The molecule has 0 bridgehead atoms. The Kier molecular flexibility index (Phi) is 4.13. The van der Waals surface area contributed by atoms with Crippen molar-refractivity contribution in [2.45, 2.75) is 6.92 Å². The largest absolute Gasteiger partial charge is 0.370 e. The highest BCUT2D eigenvalue weighted by Gasteiger charge is 2.13. The van der Waals surface area contributed by atoms with Gasteiger partial charge in [-0.25, -0.2) is 4.98 Å². The standard InChI is InChI=1S/C15H17N3O/c1-3-16-14-11-12(9-10-17-14)15(19)18(2)13-7-5-4-6-8-13/h4-11H,3H2,1-2H3,(H,16,17). The number of carbonyl (C=O) groups excluding carboxylic acids is 1. The van der Waals surface area contributed by atoms with Crippen LogP contribution in [0.3, 0.4) is 0 Å². The van der Waals surface area contributed by atoms with Gasteiger partial charge in [0, 0.05) is 31.0 Å². The summed E-state index contributed by atoms with van der Waals surface area (Å²) in [5, 5.41) is 3.10. The first-order valence-corrected chi connectivity index (χ1v) is 6.25. The van der Waals surface area contributed by atoms with E-state index in [4.69, 9.17) is 0 Å². The summed E-state index contributed by atoms with van der Waals surface area (Å²) in [6.07, 6.45) is 1.64. The van der Waals surface area contributed by atoms with Crippen LogP contribution in [0.25, 0.3) is 0 Å². The van der Waals surface area contributed by atoms with E-state index < -0.39 is 0 Å². The normalized spacial score (nSPS) is 10.0. The molecule has 0 spiro atoms. The van der Waals surface area contributed by atoms with E-state index in [-0.39, 0.29) is 5.91 Å². The van der Waals surface area contributed by atoms with Crippen LogP contribution in [0.15, 0.2) is 48.7 Å². The van der Waals surface area contributed by atoms with E-state index in [0.717, 1.165) is 18.1 Å². The van der Waals surface area contributed by atoms with E-state index in [1.807, 2.05) is 37.3 Å². The van der Waals surface area contributed by atoms with Gasteiger partial charge in [0.2, 0.25) is 0 Å². The van der Waals surface area contributed by atoms with E-state index >= 15 is 0 Å². The monoisotopic (exact) mass is 255 g/mol. The SMILES string of the molecule is CCNc1cc(C(=O)N(C)c2ccccc2)ccn1. The van der Waals surface area contributed by atoms with Crippen molar-refractivity contribution in [1.29, 1.82) is 0 Å². The van der Waals surface area contributed by atoms with E-state index in [0.29, 0.717) is 5.56 Å². The second kappa shape index (κ2) is 6.00. The van der Waals surface area contributed by atoms with Crippen molar-refractivity contribution in [1.82, 2.24) is 4.98 Å². The zero-order valence-electron chi connectivity index (χ0n) is 11.1. The number of benzene rings is 1. The molecule has 2 aromatic rings. The van der Waals surface area contributed by atoms with E-state index in [9.17, 15) is 4.79 Å². The fraction of sp³-hybridized carbons (Fsp3) is 0.200. The lowest BCUT2D eigenvalue weighted by molar-refractivity contribution is 0.0993. The summed E-state index contributed by atoms with van der Waals surface area (Å²) in [7, 11) is 1.77. The maximum Gasteiger partial charge on any atom is 0.258 e. The lowest BCUT2D eigenvalue weighted by atomic mass is 10.2. The zero-order valence-corrected chi connectivity index (χ0v) is 11.1. The molecule has 1 N–H and O–H groups in total. The number of hydrogen-bond donors (Lipinski definition) is 1. The third-order valence-corrected chi connectivity index (χ3v) is 2.81. The van der Waals surface area contributed by atoms with E-state index in [1.54, 1.807) is 30.3 Å². The van der Waals surface area contributed by atoms with Gasteiger partial charge >= 0.3 is 0 Å². The summed E-state index contributed by atoms with van der Waals surface area (Å²) in [4.78, 5) is 18.2. The first-order valence-electron chi connectivity index (χ1n) is 6.25. The molecule has 0 atom stereocenters. The summed E-state index contributed by atoms with van der Waals surface area (Å²) in [6, 6.07) is 13.1. The lowest BCUT2D eigenvalue weighted by Gasteiger charge is -2.17. The Morgan fingerprint density at radius 3 is 2.68 bits per heavy atom. The number of carbonyl (C=O) groups is 1. The molecule has 1 amide bonds. The minimum Gasteiger partial charge on any atom is -0.370 e. The number of anilines is 2. The molecule has 1 aromatic carbocycles. The van der Waals surface area contributed by atoms with Crippen molar-refractivity contribution in [3.63, 3.8) is 0 Å². The Bertz CT molecular complexity index is 554.